The van der Waals surface area contributed by atoms with Gasteiger partial charge in [-0.3, -0.25) is 5.10 Å². The third-order valence-electron chi connectivity index (χ3n) is 2.97. The monoisotopic (exact) mass is 297 g/mol. The fourth-order valence-electron chi connectivity index (χ4n) is 1.79. The highest BCUT2D eigenvalue weighted by Gasteiger charge is 2.17. The van der Waals surface area contributed by atoms with Crippen LogP contribution in [0, 0.1) is 0 Å². The van der Waals surface area contributed by atoms with E-state index in [4.69, 9.17) is 0 Å². The van der Waals surface area contributed by atoms with Crippen LogP contribution in [-0.4, -0.2) is 29.7 Å². The van der Waals surface area contributed by atoms with Gasteiger partial charge in [-0.1, -0.05) is 6.92 Å². The fourth-order valence-corrected chi connectivity index (χ4v) is 2.90. The van der Waals surface area contributed by atoms with Crippen molar-refractivity contribution in [1.29, 1.82) is 0 Å². The Morgan fingerprint density at radius 3 is 2.85 bits per heavy atom. The SMILES string of the molecule is CCNCc1cc(S(=O)(=O)NCc2cn[nH]c2)cn1C. The van der Waals surface area contributed by atoms with E-state index in [0.717, 1.165) is 17.8 Å². The van der Waals surface area contributed by atoms with E-state index in [1.54, 1.807) is 24.7 Å². The third-order valence-corrected chi connectivity index (χ3v) is 4.34. The van der Waals surface area contributed by atoms with Gasteiger partial charge in [-0.25, -0.2) is 13.1 Å². The van der Waals surface area contributed by atoms with Gasteiger partial charge in [-0.2, -0.15) is 5.10 Å². The molecule has 2 heterocycles. The molecule has 0 aliphatic rings. The molecule has 20 heavy (non-hydrogen) atoms. The van der Waals surface area contributed by atoms with E-state index in [1.807, 2.05) is 18.5 Å². The molecule has 7 nitrogen and oxygen atoms in total. The van der Waals surface area contributed by atoms with E-state index in [9.17, 15) is 8.42 Å². The van der Waals surface area contributed by atoms with Crippen LogP contribution >= 0.6 is 0 Å². The van der Waals surface area contributed by atoms with Crippen molar-refractivity contribution in [3.8, 4) is 0 Å². The second kappa shape index (κ2) is 6.21. The fraction of sp³-hybridized carbons (Fsp3) is 0.417. The topological polar surface area (TPSA) is 91.8 Å². The molecule has 3 N–H and O–H groups in total. The molecule has 0 saturated heterocycles. The van der Waals surface area contributed by atoms with Gasteiger partial charge in [-0.15, -0.1) is 0 Å². The number of sulfonamides is 1. The second-order valence-corrected chi connectivity index (χ2v) is 6.26. The summed E-state index contributed by atoms with van der Waals surface area (Å²) in [5.41, 5.74) is 1.72. The van der Waals surface area contributed by atoms with Gasteiger partial charge in [-0.05, 0) is 12.6 Å². The molecule has 2 aromatic heterocycles. The summed E-state index contributed by atoms with van der Waals surface area (Å²) >= 11 is 0. The lowest BCUT2D eigenvalue weighted by Crippen LogP contribution is -2.22. The van der Waals surface area contributed by atoms with Crippen molar-refractivity contribution in [3.05, 3.63) is 35.9 Å². The van der Waals surface area contributed by atoms with Crippen molar-refractivity contribution >= 4 is 10.0 Å². The normalized spacial score (nSPS) is 11.9. The molecule has 0 spiro atoms. The maximum absolute atomic E-state index is 12.2. The van der Waals surface area contributed by atoms with Crippen molar-refractivity contribution in [2.45, 2.75) is 24.9 Å². The Hall–Kier alpha value is -1.64. The van der Waals surface area contributed by atoms with Gasteiger partial charge < -0.3 is 9.88 Å². The van der Waals surface area contributed by atoms with Crippen molar-refractivity contribution in [3.63, 3.8) is 0 Å². The van der Waals surface area contributed by atoms with Crippen molar-refractivity contribution in [2.24, 2.45) is 7.05 Å². The predicted molar refractivity (Wildman–Crippen MR) is 75.4 cm³/mol. The minimum Gasteiger partial charge on any atom is -0.352 e. The molecule has 0 radical (unpaired) electrons. The lowest BCUT2D eigenvalue weighted by atomic mass is 10.4. The van der Waals surface area contributed by atoms with Gasteiger partial charge >= 0.3 is 0 Å². The molecule has 0 amide bonds. The van der Waals surface area contributed by atoms with Crippen LogP contribution < -0.4 is 10.0 Å². The van der Waals surface area contributed by atoms with E-state index >= 15 is 0 Å². The molecule has 2 rings (SSSR count). The second-order valence-electron chi connectivity index (χ2n) is 4.49. The summed E-state index contributed by atoms with van der Waals surface area (Å²) in [5, 5.41) is 9.60. The zero-order valence-electron chi connectivity index (χ0n) is 11.5. The molecule has 0 bridgehead atoms. The molecular weight excluding hydrogens is 278 g/mol. The molecule has 8 heteroatoms. The minimum absolute atomic E-state index is 0.219. The summed E-state index contributed by atoms with van der Waals surface area (Å²) in [4.78, 5) is 0.274. The number of hydrogen-bond donors (Lipinski definition) is 3. The van der Waals surface area contributed by atoms with Gasteiger partial charge in [0.05, 0.1) is 11.1 Å². The molecule has 2 aromatic rings. The first-order valence-corrected chi connectivity index (χ1v) is 7.84. The largest absolute Gasteiger partial charge is 0.352 e. The highest BCUT2D eigenvalue weighted by Crippen LogP contribution is 2.13. The zero-order chi connectivity index (χ0) is 14.6. The lowest BCUT2D eigenvalue weighted by molar-refractivity contribution is 0.581. The highest BCUT2D eigenvalue weighted by molar-refractivity contribution is 7.89. The van der Waals surface area contributed by atoms with Crippen LogP contribution in [0.4, 0.5) is 0 Å². The van der Waals surface area contributed by atoms with Gasteiger partial charge in [0.15, 0.2) is 0 Å². The number of aryl methyl sites for hydroxylation is 1. The van der Waals surface area contributed by atoms with Crippen LogP contribution in [0.25, 0.3) is 0 Å². The Morgan fingerprint density at radius 1 is 1.40 bits per heavy atom. The number of nitrogens with one attached hydrogen (secondary N) is 3. The maximum atomic E-state index is 12.2. The Kier molecular flexibility index (Phi) is 4.58. The molecule has 0 unspecified atom stereocenters. The molecule has 0 fully saturated rings. The number of aromatic amines is 1. The van der Waals surface area contributed by atoms with E-state index in [2.05, 4.69) is 20.2 Å². The molecule has 0 saturated carbocycles. The van der Waals surface area contributed by atoms with Crippen molar-refractivity contribution in [1.82, 2.24) is 24.8 Å². The third kappa shape index (κ3) is 3.47. The Morgan fingerprint density at radius 2 is 2.20 bits per heavy atom. The highest BCUT2D eigenvalue weighted by atomic mass is 32.2. The molecule has 0 aliphatic heterocycles. The summed E-state index contributed by atoms with van der Waals surface area (Å²) in [5.74, 6) is 0. The van der Waals surface area contributed by atoms with Crippen LogP contribution in [-0.2, 0) is 30.2 Å². The number of nitrogens with zero attached hydrogens (tertiary/aromatic N) is 2. The average molecular weight is 297 g/mol. The quantitative estimate of drug-likeness (QED) is 0.687. The van der Waals surface area contributed by atoms with E-state index in [1.165, 1.54) is 0 Å². The van der Waals surface area contributed by atoms with Crippen LogP contribution in [0.3, 0.4) is 0 Å². The summed E-state index contributed by atoms with van der Waals surface area (Å²) in [6.07, 6.45) is 4.86. The molecular formula is C12H19N5O2S. The standard InChI is InChI=1S/C12H19N5O2S/c1-3-13-8-11-4-12(9-17(11)2)20(18,19)16-7-10-5-14-15-6-10/h4-6,9,13,16H,3,7-8H2,1-2H3,(H,14,15). The summed E-state index contributed by atoms with van der Waals surface area (Å²) < 4.78 is 28.7. The van der Waals surface area contributed by atoms with Crippen LogP contribution in [0.5, 0.6) is 0 Å². The van der Waals surface area contributed by atoms with Crippen LogP contribution in [0.2, 0.25) is 0 Å². The van der Waals surface area contributed by atoms with Gasteiger partial charge in [0.2, 0.25) is 10.0 Å². The predicted octanol–water partition coefficient (Wildman–Crippen LogP) is 0.336. The Bertz CT molecular complexity index is 645. The molecule has 0 aromatic carbocycles. The Labute approximate surface area is 118 Å². The van der Waals surface area contributed by atoms with Gasteiger partial charge in [0.1, 0.15) is 0 Å². The maximum Gasteiger partial charge on any atom is 0.242 e. The van der Waals surface area contributed by atoms with Crippen LogP contribution in [0.15, 0.2) is 29.6 Å². The number of aromatic nitrogens is 3. The van der Waals surface area contributed by atoms with Crippen LogP contribution in [0.1, 0.15) is 18.2 Å². The summed E-state index contributed by atoms with van der Waals surface area (Å²) in [6.45, 7) is 3.71. The van der Waals surface area contributed by atoms with E-state index in [0.29, 0.717) is 6.54 Å². The smallest absolute Gasteiger partial charge is 0.242 e. The number of H-pyrrole nitrogens is 1. The first-order valence-electron chi connectivity index (χ1n) is 6.36. The van der Waals surface area contributed by atoms with Gasteiger partial charge in [0, 0.05) is 43.8 Å². The average Bonchev–Trinajstić information content (AvgIpc) is 3.04. The Balaban J connectivity index is 2.09. The lowest BCUT2D eigenvalue weighted by Gasteiger charge is -2.02. The van der Waals surface area contributed by atoms with E-state index < -0.39 is 10.0 Å². The summed E-state index contributed by atoms with van der Waals surface area (Å²) in [6, 6.07) is 1.68. The first-order chi connectivity index (χ1) is 9.53. The minimum atomic E-state index is -3.50. The van der Waals surface area contributed by atoms with E-state index in [-0.39, 0.29) is 11.4 Å². The number of rotatable bonds is 7. The van der Waals surface area contributed by atoms with Crippen molar-refractivity contribution < 1.29 is 8.42 Å². The molecule has 110 valence electrons. The first kappa shape index (κ1) is 14.8. The molecule has 0 atom stereocenters. The number of hydrogen-bond acceptors (Lipinski definition) is 4. The summed E-state index contributed by atoms with van der Waals surface area (Å²) in [7, 11) is -1.67. The van der Waals surface area contributed by atoms with Gasteiger partial charge in [0.25, 0.3) is 0 Å². The molecule has 0 aliphatic carbocycles. The zero-order valence-corrected chi connectivity index (χ0v) is 12.4. The van der Waals surface area contributed by atoms with Crippen molar-refractivity contribution in [2.75, 3.05) is 6.54 Å².